The molecule has 0 unspecified atom stereocenters. The second kappa shape index (κ2) is 5.10. The molecule has 0 spiro atoms. The monoisotopic (exact) mass is 261 g/mol. The third-order valence-corrected chi connectivity index (χ3v) is 2.86. The van der Waals surface area contributed by atoms with Gasteiger partial charge in [0.2, 0.25) is 0 Å². The standard InChI is InChI=1S/C13H12FN3S/c1-17(10-3-2-6-16-8-10)12-5-4-9(13(15)18)7-11(12)14/h2-8H,1H3,(H2,15,18). The minimum atomic E-state index is -0.369. The number of aromatic nitrogens is 1. The first-order chi connectivity index (χ1) is 8.59. The third-order valence-electron chi connectivity index (χ3n) is 2.63. The predicted molar refractivity (Wildman–Crippen MR) is 74.6 cm³/mol. The van der Waals surface area contributed by atoms with Crippen LogP contribution in [0.5, 0.6) is 0 Å². The molecule has 5 heteroatoms. The van der Waals surface area contributed by atoms with Crippen LogP contribution in [0.3, 0.4) is 0 Å². The minimum Gasteiger partial charge on any atom is -0.389 e. The maximum absolute atomic E-state index is 14.0. The molecule has 0 aliphatic carbocycles. The minimum absolute atomic E-state index is 0.185. The van der Waals surface area contributed by atoms with Gasteiger partial charge in [-0.1, -0.05) is 12.2 Å². The smallest absolute Gasteiger partial charge is 0.147 e. The van der Waals surface area contributed by atoms with E-state index >= 15 is 0 Å². The summed E-state index contributed by atoms with van der Waals surface area (Å²) in [5.41, 5.74) is 7.23. The lowest BCUT2D eigenvalue weighted by Gasteiger charge is -2.19. The van der Waals surface area contributed by atoms with Gasteiger partial charge in [-0.3, -0.25) is 4.98 Å². The molecule has 92 valence electrons. The zero-order chi connectivity index (χ0) is 13.1. The predicted octanol–water partition coefficient (Wildman–Crippen LogP) is 2.62. The Morgan fingerprint density at radius 3 is 2.72 bits per heavy atom. The van der Waals surface area contributed by atoms with E-state index < -0.39 is 0 Å². The van der Waals surface area contributed by atoms with Gasteiger partial charge in [-0.05, 0) is 30.3 Å². The molecule has 0 bridgehead atoms. The molecule has 18 heavy (non-hydrogen) atoms. The molecule has 3 nitrogen and oxygen atoms in total. The number of nitrogens with zero attached hydrogens (tertiary/aromatic N) is 2. The molecule has 0 aliphatic heterocycles. The van der Waals surface area contributed by atoms with Gasteiger partial charge in [0, 0.05) is 18.8 Å². The molecular formula is C13H12FN3S. The van der Waals surface area contributed by atoms with E-state index in [0.717, 1.165) is 5.69 Å². The van der Waals surface area contributed by atoms with E-state index in [2.05, 4.69) is 4.98 Å². The van der Waals surface area contributed by atoms with Crippen molar-refractivity contribution < 1.29 is 4.39 Å². The molecule has 2 aromatic rings. The van der Waals surface area contributed by atoms with Crippen LogP contribution in [-0.4, -0.2) is 17.0 Å². The number of thiocarbonyl (C=S) groups is 1. The summed E-state index contributed by atoms with van der Waals surface area (Å²) in [4.78, 5) is 5.90. The van der Waals surface area contributed by atoms with E-state index in [0.29, 0.717) is 11.3 Å². The van der Waals surface area contributed by atoms with Crippen LogP contribution < -0.4 is 10.6 Å². The highest BCUT2D eigenvalue weighted by Gasteiger charge is 2.10. The molecule has 1 aromatic carbocycles. The summed E-state index contributed by atoms with van der Waals surface area (Å²) in [6.07, 6.45) is 3.34. The Kier molecular flexibility index (Phi) is 3.53. The van der Waals surface area contributed by atoms with Gasteiger partial charge in [-0.15, -0.1) is 0 Å². The lowest BCUT2D eigenvalue weighted by molar-refractivity contribution is 0.627. The largest absolute Gasteiger partial charge is 0.389 e. The average Bonchev–Trinajstić information content (AvgIpc) is 2.38. The van der Waals surface area contributed by atoms with Crippen LogP contribution in [0.2, 0.25) is 0 Å². The number of nitrogens with two attached hydrogens (primary N) is 1. The van der Waals surface area contributed by atoms with Crippen molar-refractivity contribution in [2.75, 3.05) is 11.9 Å². The topological polar surface area (TPSA) is 42.2 Å². The second-order valence-corrected chi connectivity index (χ2v) is 4.24. The quantitative estimate of drug-likeness (QED) is 0.862. The SMILES string of the molecule is CN(c1cccnc1)c1ccc(C(N)=S)cc1F. The van der Waals surface area contributed by atoms with E-state index in [1.807, 2.05) is 6.07 Å². The van der Waals surface area contributed by atoms with Gasteiger partial charge < -0.3 is 10.6 Å². The molecule has 1 aromatic heterocycles. The van der Waals surface area contributed by atoms with Gasteiger partial charge in [0.1, 0.15) is 10.8 Å². The van der Waals surface area contributed by atoms with Crippen LogP contribution in [0.4, 0.5) is 15.8 Å². The highest BCUT2D eigenvalue weighted by molar-refractivity contribution is 7.80. The van der Waals surface area contributed by atoms with E-state index in [9.17, 15) is 4.39 Å². The summed E-state index contributed by atoms with van der Waals surface area (Å²) >= 11 is 4.81. The summed E-state index contributed by atoms with van der Waals surface area (Å²) in [5, 5.41) is 0. The number of hydrogen-bond donors (Lipinski definition) is 1. The molecular weight excluding hydrogens is 249 g/mol. The van der Waals surface area contributed by atoms with E-state index in [1.165, 1.54) is 6.07 Å². The molecule has 0 radical (unpaired) electrons. The highest BCUT2D eigenvalue weighted by atomic mass is 32.1. The van der Waals surface area contributed by atoms with Gasteiger partial charge in [0.05, 0.1) is 17.6 Å². The summed E-state index contributed by atoms with van der Waals surface area (Å²) in [5.74, 6) is -0.369. The molecule has 0 saturated heterocycles. The number of rotatable bonds is 3. The van der Waals surface area contributed by atoms with Gasteiger partial charge in [-0.25, -0.2) is 4.39 Å². The van der Waals surface area contributed by atoms with Gasteiger partial charge in [0.25, 0.3) is 0 Å². The van der Waals surface area contributed by atoms with E-state index in [4.69, 9.17) is 18.0 Å². The zero-order valence-corrected chi connectivity index (χ0v) is 10.6. The highest BCUT2D eigenvalue weighted by Crippen LogP contribution is 2.26. The molecule has 1 heterocycles. The Morgan fingerprint density at radius 1 is 1.39 bits per heavy atom. The van der Waals surface area contributed by atoms with Crippen molar-refractivity contribution in [3.05, 3.63) is 54.1 Å². The van der Waals surface area contributed by atoms with Crippen LogP contribution in [-0.2, 0) is 0 Å². The van der Waals surface area contributed by atoms with Crippen LogP contribution in [0.1, 0.15) is 5.56 Å². The maximum Gasteiger partial charge on any atom is 0.147 e. The lowest BCUT2D eigenvalue weighted by atomic mass is 10.2. The molecule has 0 atom stereocenters. The fourth-order valence-corrected chi connectivity index (χ4v) is 1.75. The van der Waals surface area contributed by atoms with Crippen molar-refractivity contribution in [2.24, 2.45) is 5.73 Å². The van der Waals surface area contributed by atoms with Crippen LogP contribution >= 0.6 is 12.2 Å². The second-order valence-electron chi connectivity index (χ2n) is 3.80. The molecule has 0 saturated carbocycles. The summed E-state index contributed by atoms with van der Waals surface area (Å²) in [6.45, 7) is 0. The molecule has 2 rings (SSSR count). The van der Waals surface area contributed by atoms with E-state index in [-0.39, 0.29) is 10.8 Å². The lowest BCUT2D eigenvalue weighted by Crippen LogP contribution is -2.14. The Labute approximate surface area is 110 Å². The molecule has 0 fully saturated rings. The maximum atomic E-state index is 14.0. The first-order valence-corrected chi connectivity index (χ1v) is 5.73. The fraction of sp³-hybridized carbons (Fsp3) is 0.0769. The van der Waals surface area contributed by atoms with Crippen LogP contribution in [0.25, 0.3) is 0 Å². The third kappa shape index (κ3) is 2.46. The van der Waals surface area contributed by atoms with Crippen molar-refractivity contribution >= 4 is 28.6 Å². The summed E-state index contributed by atoms with van der Waals surface area (Å²) in [6, 6.07) is 8.34. The number of pyridine rings is 1. The normalized spacial score (nSPS) is 10.1. The first kappa shape index (κ1) is 12.4. The molecule has 0 aliphatic rings. The summed E-state index contributed by atoms with van der Waals surface area (Å²) in [7, 11) is 1.77. The molecule has 0 amide bonds. The number of halogens is 1. The van der Waals surface area contributed by atoms with Gasteiger partial charge in [0.15, 0.2) is 0 Å². The van der Waals surface area contributed by atoms with Gasteiger partial charge >= 0.3 is 0 Å². The van der Waals surface area contributed by atoms with E-state index in [1.54, 1.807) is 42.5 Å². The Morgan fingerprint density at radius 2 is 2.17 bits per heavy atom. The van der Waals surface area contributed by atoms with Crippen LogP contribution in [0.15, 0.2) is 42.7 Å². The van der Waals surface area contributed by atoms with Crippen LogP contribution in [0, 0.1) is 5.82 Å². The number of hydrogen-bond acceptors (Lipinski definition) is 3. The Bertz CT molecular complexity index is 572. The number of benzene rings is 1. The van der Waals surface area contributed by atoms with Crippen molar-refractivity contribution in [3.8, 4) is 0 Å². The van der Waals surface area contributed by atoms with Gasteiger partial charge in [-0.2, -0.15) is 0 Å². The summed E-state index contributed by atoms with van der Waals surface area (Å²) < 4.78 is 14.0. The zero-order valence-electron chi connectivity index (χ0n) is 9.80. The Hall–Kier alpha value is -2.01. The fourth-order valence-electron chi connectivity index (χ4n) is 1.62. The van der Waals surface area contributed by atoms with Crippen molar-refractivity contribution in [1.82, 2.24) is 4.98 Å². The number of anilines is 2. The Balaban J connectivity index is 2.37. The van der Waals surface area contributed by atoms with Crippen molar-refractivity contribution in [2.45, 2.75) is 0 Å². The first-order valence-electron chi connectivity index (χ1n) is 5.32. The average molecular weight is 261 g/mol. The molecule has 2 N–H and O–H groups in total. The van der Waals surface area contributed by atoms with Crippen molar-refractivity contribution in [3.63, 3.8) is 0 Å². The van der Waals surface area contributed by atoms with Crippen molar-refractivity contribution in [1.29, 1.82) is 0 Å².